The highest BCUT2D eigenvalue weighted by atomic mass is 16.7. The smallest absolute Gasteiger partial charge is 0.329 e. The van der Waals surface area contributed by atoms with Gasteiger partial charge in [0, 0.05) is 58.5 Å². The number of aliphatic hydroxyl groups excluding tert-OH is 2. The normalized spacial score (nSPS) is 40.5. The van der Waals surface area contributed by atoms with E-state index in [9.17, 15) is 39.3 Å². The molecule has 0 aromatic rings. The van der Waals surface area contributed by atoms with Crippen molar-refractivity contribution in [3.8, 4) is 0 Å². The van der Waals surface area contributed by atoms with Crippen LogP contribution in [0.25, 0.3) is 0 Å². The van der Waals surface area contributed by atoms with Crippen LogP contribution in [-0.4, -0.2) is 132 Å². The van der Waals surface area contributed by atoms with Gasteiger partial charge in [-0.2, -0.15) is 0 Å². The van der Waals surface area contributed by atoms with Gasteiger partial charge >= 0.3 is 5.97 Å². The number of allylic oxidation sites excluding steroid dienone is 3. The van der Waals surface area contributed by atoms with E-state index in [2.05, 4.69) is 0 Å². The van der Waals surface area contributed by atoms with Crippen molar-refractivity contribution in [2.75, 3.05) is 27.9 Å². The number of aliphatic hydroxyl groups is 3. The molecule has 3 heterocycles. The molecule has 58 heavy (non-hydrogen) atoms. The molecule has 0 aromatic heterocycles. The van der Waals surface area contributed by atoms with E-state index < -0.39 is 83.9 Å². The van der Waals surface area contributed by atoms with E-state index in [1.807, 2.05) is 19.9 Å². The van der Waals surface area contributed by atoms with Gasteiger partial charge in [-0.1, -0.05) is 38.5 Å². The molecule has 3 N–H and O–H groups in total. The van der Waals surface area contributed by atoms with Gasteiger partial charge in [0.25, 0.3) is 11.7 Å². The first-order chi connectivity index (χ1) is 27.3. The van der Waals surface area contributed by atoms with Gasteiger partial charge in [0.15, 0.2) is 0 Å². The minimum absolute atomic E-state index is 0.0403. The lowest BCUT2D eigenvalue weighted by Crippen LogP contribution is -2.64. The number of carbonyl (C=O) groups is 5. The number of amides is 1. The second-order valence-electron chi connectivity index (χ2n) is 17.7. The minimum atomic E-state index is -2.54. The van der Waals surface area contributed by atoms with Gasteiger partial charge in [0.2, 0.25) is 5.79 Å². The number of carbonyl (C=O) groups excluding carboxylic acids is 5. The van der Waals surface area contributed by atoms with Crippen LogP contribution in [0.5, 0.6) is 0 Å². The van der Waals surface area contributed by atoms with Crippen molar-refractivity contribution >= 4 is 29.2 Å². The lowest BCUT2D eigenvalue weighted by molar-refractivity contribution is -0.302. The van der Waals surface area contributed by atoms with E-state index in [0.717, 1.165) is 10.5 Å². The van der Waals surface area contributed by atoms with Crippen molar-refractivity contribution < 1.29 is 63.0 Å². The second-order valence-corrected chi connectivity index (χ2v) is 17.7. The Bertz CT molecular complexity index is 1530. The predicted molar refractivity (Wildman–Crippen MR) is 213 cm³/mol. The molecule has 4 rings (SSSR count). The predicted octanol–water partition coefficient (Wildman–Crippen LogP) is 4.04. The molecule has 14 atom stereocenters. The van der Waals surface area contributed by atoms with Gasteiger partial charge in [-0.05, 0) is 96.0 Å². The van der Waals surface area contributed by atoms with Crippen LogP contribution in [0.4, 0.5) is 0 Å². The number of hydrogen-bond acceptors (Lipinski definition) is 13. The van der Waals surface area contributed by atoms with Crippen LogP contribution in [0.3, 0.4) is 0 Å². The Kier molecular flexibility index (Phi) is 17.4. The lowest BCUT2D eigenvalue weighted by atomic mass is 9.81. The van der Waals surface area contributed by atoms with Crippen molar-refractivity contribution in [3.63, 3.8) is 0 Å². The molecule has 2 bridgehead atoms. The third-order valence-electron chi connectivity index (χ3n) is 13.0. The highest BCUT2D eigenvalue weighted by Crippen LogP contribution is 2.39. The highest BCUT2D eigenvalue weighted by Gasteiger charge is 2.56. The molecule has 3 aliphatic heterocycles. The second kappa shape index (κ2) is 21.1. The lowest BCUT2D eigenvalue weighted by Gasteiger charge is -2.47. The van der Waals surface area contributed by atoms with Crippen molar-refractivity contribution in [1.29, 1.82) is 0 Å². The van der Waals surface area contributed by atoms with E-state index in [1.54, 1.807) is 34.0 Å². The van der Waals surface area contributed by atoms with E-state index in [1.165, 1.54) is 21.1 Å². The van der Waals surface area contributed by atoms with Crippen molar-refractivity contribution in [1.82, 2.24) is 4.90 Å². The number of hydrogen-bond donors (Lipinski definition) is 3. The maximum atomic E-state index is 14.3. The van der Waals surface area contributed by atoms with Crippen molar-refractivity contribution in [3.05, 3.63) is 23.3 Å². The fourth-order valence-corrected chi connectivity index (χ4v) is 9.53. The summed E-state index contributed by atoms with van der Waals surface area (Å²) in [5, 5.41) is 34.2. The highest BCUT2D eigenvalue weighted by molar-refractivity contribution is 6.39. The Hall–Kier alpha value is -2.85. The zero-order chi connectivity index (χ0) is 43.1. The number of piperidine rings is 1. The van der Waals surface area contributed by atoms with Crippen LogP contribution in [0.15, 0.2) is 23.3 Å². The molecule has 1 amide bonds. The molecular weight excluding hydrogens is 750 g/mol. The molecule has 1 aliphatic carbocycles. The summed E-state index contributed by atoms with van der Waals surface area (Å²) in [6, 6.07) is -1.17. The maximum Gasteiger partial charge on any atom is 0.329 e. The summed E-state index contributed by atoms with van der Waals surface area (Å²) >= 11 is 0. The summed E-state index contributed by atoms with van der Waals surface area (Å²) in [5.74, 6) is -8.63. The zero-order valence-electron chi connectivity index (χ0n) is 36.0. The first kappa shape index (κ1) is 47.8. The number of ketones is 3. The maximum absolute atomic E-state index is 14.3. The fourth-order valence-electron chi connectivity index (χ4n) is 9.53. The summed E-state index contributed by atoms with van der Waals surface area (Å²) in [6.45, 7) is 10.4. The fraction of sp³-hybridized carbons (Fsp3) is 0.795. The largest absolute Gasteiger partial charge is 0.456 e. The van der Waals surface area contributed by atoms with Crippen LogP contribution >= 0.6 is 0 Å². The third-order valence-corrected chi connectivity index (χ3v) is 13.0. The topological polar surface area (TPSA) is 195 Å². The number of methoxy groups -OCH3 is 3. The first-order valence-electron chi connectivity index (χ1n) is 21.1. The Morgan fingerprint density at radius 2 is 1.55 bits per heavy atom. The summed E-state index contributed by atoms with van der Waals surface area (Å²) in [5.41, 5.74) is 1.46. The average molecular weight is 820 g/mol. The SMILES string of the molecule is CO[C@H]1C[C@@H](C)C/C(C)=C/[C@@H](CC(C)=O)C(=O)C[C@H](O)[C@@H](C)[C@@H](/C(C)=C/[C@@H]2CC[C@@H](O)[C@H](OC)C2)OC(=O)[C@@H]2CCCCN2C(=O)C(=O)[C@]2(O)O[C@H]1[C@@H](OC)C[C@H]2C. The van der Waals surface area contributed by atoms with Gasteiger partial charge in [0.1, 0.15) is 29.8 Å². The molecule has 4 aliphatic rings. The number of rotatable bonds is 7. The molecule has 14 nitrogen and oxygen atoms in total. The molecule has 1 saturated carbocycles. The van der Waals surface area contributed by atoms with E-state index >= 15 is 0 Å². The molecule has 328 valence electrons. The molecular formula is C44H69NO13. The van der Waals surface area contributed by atoms with E-state index in [0.29, 0.717) is 50.5 Å². The van der Waals surface area contributed by atoms with Gasteiger partial charge in [0.05, 0.1) is 30.5 Å². The Morgan fingerprint density at radius 1 is 0.897 bits per heavy atom. The van der Waals surface area contributed by atoms with Crippen LogP contribution in [0.1, 0.15) is 112 Å². The zero-order valence-corrected chi connectivity index (χ0v) is 36.0. The van der Waals surface area contributed by atoms with E-state index in [-0.39, 0.29) is 61.7 Å². The van der Waals surface area contributed by atoms with Crippen LogP contribution in [0, 0.1) is 29.6 Å². The molecule has 0 radical (unpaired) electrons. The first-order valence-corrected chi connectivity index (χ1v) is 21.1. The monoisotopic (exact) mass is 819 g/mol. The Morgan fingerprint density at radius 3 is 2.19 bits per heavy atom. The molecule has 2 saturated heterocycles. The number of esters is 1. The third kappa shape index (κ3) is 11.5. The Balaban J connectivity index is 1.79. The van der Waals surface area contributed by atoms with Crippen LogP contribution < -0.4 is 0 Å². The number of Topliss-reactive ketones (excluding diaryl/α,β-unsaturated/α-hetero) is 3. The number of ether oxygens (including phenoxy) is 5. The van der Waals surface area contributed by atoms with Gasteiger partial charge < -0.3 is 43.9 Å². The van der Waals surface area contributed by atoms with Gasteiger partial charge in [-0.25, -0.2) is 4.79 Å². The summed E-state index contributed by atoms with van der Waals surface area (Å²) in [6.07, 6.45) is 1.97. The Labute approximate surface area is 344 Å². The minimum Gasteiger partial charge on any atom is -0.456 e. The summed E-state index contributed by atoms with van der Waals surface area (Å²) in [7, 11) is 4.55. The molecule has 0 spiro atoms. The van der Waals surface area contributed by atoms with Crippen LogP contribution in [-0.2, 0) is 47.7 Å². The number of fused-ring (bicyclic) bond motifs is 3. The number of cyclic esters (lactones) is 1. The van der Waals surface area contributed by atoms with Crippen molar-refractivity contribution in [2.45, 2.75) is 167 Å². The average Bonchev–Trinajstić information content (AvgIpc) is 3.18. The van der Waals surface area contributed by atoms with E-state index in [4.69, 9.17) is 23.7 Å². The standard InChI is InChI=1S/C44H69NO13/c1-24-16-25(2)18-37(55-8)40-38(56-9)20-27(4)44(53,58-40)41(50)42(51)45-15-11-10-12-32(45)43(52)57-39(26(3)19-30-13-14-33(47)36(22-30)54-7)29(6)34(48)23-35(49)31(17-24)21-28(5)46/h17,19,25,27,29-34,36-40,47-48,53H,10-16,18,20-23H2,1-9H3/b24-17+,26-19+/t25-,27+,29+,30-,31-,32-,33+,34-,36+,37-,38-,39+,40+,44+/m0/s1. The molecule has 0 unspecified atom stereocenters. The quantitative estimate of drug-likeness (QED) is 0.189. The summed E-state index contributed by atoms with van der Waals surface area (Å²) in [4.78, 5) is 70.3. The molecule has 14 heteroatoms. The number of nitrogens with zero attached hydrogens (tertiary/aromatic N) is 1. The summed E-state index contributed by atoms with van der Waals surface area (Å²) < 4.78 is 29.7. The molecule has 0 aromatic carbocycles. The van der Waals surface area contributed by atoms with Crippen LogP contribution in [0.2, 0.25) is 0 Å². The molecule has 3 fully saturated rings. The van der Waals surface area contributed by atoms with Gasteiger partial charge in [-0.3, -0.25) is 19.2 Å². The van der Waals surface area contributed by atoms with Gasteiger partial charge in [-0.15, -0.1) is 0 Å². The van der Waals surface area contributed by atoms with Crippen molar-refractivity contribution in [2.24, 2.45) is 29.6 Å².